The average Bonchev–Trinajstić information content (AvgIpc) is 2.41. The molecule has 1 aromatic carbocycles. The maximum absolute atomic E-state index is 12.9. The van der Waals surface area contributed by atoms with E-state index in [1.165, 1.54) is 6.07 Å². The van der Waals surface area contributed by atoms with Gasteiger partial charge in [0.15, 0.2) is 0 Å². The molecular weight excluding hydrogens is 289 g/mol. The summed E-state index contributed by atoms with van der Waals surface area (Å²) in [7, 11) is 0. The smallest absolute Gasteiger partial charge is 0.419 e. The van der Waals surface area contributed by atoms with Crippen LogP contribution in [0.4, 0.5) is 13.2 Å². The van der Waals surface area contributed by atoms with Gasteiger partial charge in [-0.2, -0.15) is 13.2 Å². The summed E-state index contributed by atoms with van der Waals surface area (Å²) in [4.78, 5) is 0. The van der Waals surface area contributed by atoms with Crippen LogP contribution in [0.5, 0.6) is 5.75 Å². The number of aliphatic hydroxyl groups excluding tert-OH is 2. The van der Waals surface area contributed by atoms with E-state index in [0.717, 1.165) is 12.1 Å². The van der Waals surface area contributed by atoms with Gasteiger partial charge < -0.3 is 19.7 Å². The van der Waals surface area contributed by atoms with Gasteiger partial charge in [-0.1, -0.05) is 6.07 Å². The molecule has 0 saturated heterocycles. The van der Waals surface area contributed by atoms with Crippen molar-refractivity contribution in [2.75, 3.05) is 13.2 Å². The highest BCUT2D eigenvalue weighted by molar-refractivity contribution is 5.39. The first kappa shape index (κ1) is 17.7. The monoisotopic (exact) mass is 308 g/mol. The van der Waals surface area contributed by atoms with Crippen molar-refractivity contribution in [2.45, 2.75) is 38.8 Å². The first-order valence-electron chi connectivity index (χ1n) is 6.47. The Balaban J connectivity index is 2.74. The van der Waals surface area contributed by atoms with Crippen molar-refractivity contribution in [1.29, 1.82) is 0 Å². The minimum absolute atomic E-state index is 0.0201. The summed E-state index contributed by atoms with van der Waals surface area (Å²) in [6.07, 6.45) is -5.71. The second-order valence-electron chi connectivity index (χ2n) is 4.83. The second kappa shape index (κ2) is 7.63. The molecule has 0 amide bonds. The quantitative estimate of drug-likeness (QED) is 0.812. The molecule has 0 aromatic heterocycles. The number of halogens is 3. The molecule has 0 spiro atoms. The van der Waals surface area contributed by atoms with Crippen molar-refractivity contribution in [3.8, 4) is 5.75 Å². The molecule has 0 saturated carbocycles. The Kier molecular flexibility index (Phi) is 6.44. The maximum atomic E-state index is 12.9. The van der Waals surface area contributed by atoms with Gasteiger partial charge >= 0.3 is 6.18 Å². The van der Waals surface area contributed by atoms with Gasteiger partial charge in [0.25, 0.3) is 0 Å². The van der Waals surface area contributed by atoms with Gasteiger partial charge in [0.1, 0.15) is 18.5 Å². The highest BCUT2D eigenvalue weighted by atomic mass is 19.4. The van der Waals surface area contributed by atoms with Crippen LogP contribution in [0.3, 0.4) is 0 Å². The summed E-state index contributed by atoms with van der Waals surface area (Å²) in [6, 6.07) is 3.29. The molecule has 0 bridgehead atoms. The molecule has 4 nitrogen and oxygen atoms in total. The van der Waals surface area contributed by atoms with Crippen LogP contribution in [0.25, 0.3) is 0 Å². The zero-order valence-electron chi connectivity index (χ0n) is 11.9. The van der Waals surface area contributed by atoms with Crippen LogP contribution in [0.15, 0.2) is 18.2 Å². The first-order valence-corrected chi connectivity index (χ1v) is 6.47. The lowest BCUT2D eigenvalue weighted by atomic mass is 10.1. The van der Waals surface area contributed by atoms with E-state index in [2.05, 4.69) is 0 Å². The maximum Gasteiger partial charge on any atom is 0.419 e. The Bertz CT molecular complexity index is 446. The summed E-state index contributed by atoms with van der Waals surface area (Å²) in [6.45, 7) is 2.74. The molecule has 0 aliphatic heterocycles. The molecule has 1 rings (SSSR count). The van der Waals surface area contributed by atoms with Gasteiger partial charge in [-0.3, -0.25) is 0 Å². The number of rotatable bonds is 7. The zero-order valence-corrected chi connectivity index (χ0v) is 11.9. The Morgan fingerprint density at radius 1 is 1.19 bits per heavy atom. The van der Waals surface area contributed by atoms with Crippen LogP contribution in [0.1, 0.15) is 25.0 Å². The average molecular weight is 308 g/mol. The highest BCUT2D eigenvalue weighted by Gasteiger charge is 2.34. The summed E-state index contributed by atoms with van der Waals surface area (Å²) in [5.74, 6) is -0.386. The molecular formula is C14H19F3O4. The molecule has 0 fully saturated rings. The summed E-state index contributed by atoms with van der Waals surface area (Å²) < 4.78 is 48.8. The van der Waals surface area contributed by atoms with E-state index in [4.69, 9.17) is 14.6 Å². The minimum Gasteiger partial charge on any atom is -0.490 e. The zero-order chi connectivity index (χ0) is 16.0. The van der Waals surface area contributed by atoms with Gasteiger partial charge in [0.05, 0.1) is 24.9 Å². The predicted octanol–water partition coefficient (Wildman–Crippen LogP) is 2.36. The summed E-state index contributed by atoms with van der Waals surface area (Å²) >= 11 is 0. The summed E-state index contributed by atoms with van der Waals surface area (Å²) in [5, 5.41) is 18.5. The number of hydrogen-bond acceptors (Lipinski definition) is 4. The van der Waals surface area contributed by atoms with E-state index < -0.39 is 24.5 Å². The molecule has 0 aliphatic rings. The van der Waals surface area contributed by atoms with Crippen molar-refractivity contribution in [3.05, 3.63) is 29.3 Å². The molecule has 21 heavy (non-hydrogen) atoms. The number of alkyl halides is 3. The number of hydrogen-bond donors (Lipinski definition) is 2. The molecule has 7 heteroatoms. The van der Waals surface area contributed by atoms with Gasteiger partial charge in [-0.25, -0.2) is 0 Å². The fourth-order valence-electron chi connectivity index (χ4n) is 1.56. The van der Waals surface area contributed by atoms with Gasteiger partial charge in [0.2, 0.25) is 0 Å². The molecule has 2 N–H and O–H groups in total. The van der Waals surface area contributed by atoms with E-state index in [1.807, 2.05) is 0 Å². The molecule has 1 unspecified atom stereocenters. The minimum atomic E-state index is -4.60. The van der Waals surface area contributed by atoms with Crippen molar-refractivity contribution < 1.29 is 32.9 Å². The third kappa shape index (κ3) is 5.91. The fourth-order valence-corrected chi connectivity index (χ4v) is 1.56. The van der Waals surface area contributed by atoms with E-state index in [-0.39, 0.29) is 30.6 Å². The molecule has 0 aliphatic carbocycles. The van der Waals surface area contributed by atoms with Gasteiger partial charge in [0, 0.05) is 0 Å². The first-order chi connectivity index (χ1) is 9.74. The summed E-state index contributed by atoms with van der Waals surface area (Å²) in [5.41, 5.74) is -0.843. The lowest BCUT2D eigenvalue weighted by Crippen LogP contribution is -2.25. The number of benzene rings is 1. The van der Waals surface area contributed by atoms with E-state index in [1.54, 1.807) is 13.8 Å². The van der Waals surface area contributed by atoms with Crippen molar-refractivity contribution in [2.24, 2.45) is 0 Å². The fraction of sp³-hybridized carbons (Fsp3) is 0.571. The SMILES string of the molecule is CC(C)OCC(O)COc1ccc(CO)cc1C(F)(F)F. The van der Waals surface area contributed by atoms with E-state index in [9.17, 15) is 18.3 Å². The molecule has 1 aromatic rings. The lowest BCUT2D eigenvalue weighted by Gasteiger charge is -2.18. The highest BCUT2D eigenvalue weighted by Crippen LogP contribution is 2.36. The Labute approximate surface area is 121 Å². The Morgan fingerprint density at radius 3 is 2.38 bits per heavy atom. The normalized spacial score (nSPS) is 13.5. The standard InChI is InChI=1S/C14H19F3O4/c1-9(2)20-7-11(19)8-21-13-4-3-10(6-18)5-12(13)14(15,16)17/h3-5,9,11,18-19H,6-8H2,1-2H3. The van der Waals surface area contributed by atoms with E-state index >= 15 is 0 Å². The van der Waals surface area contributed by atoms with Crippen LogP contribution in [0, 0.1) is 0 Å². The van der Waals surface area contributed by atoms with Gasteiger partial charge in [-0.15, -0.1) is 0 Å². The van der Waals surface area contributed by atoms with Crippen molar-refractivity contribution in [1.82, 2.24) is 0 Å². The van der Waals surface area contributed by atoms with E-state index in [0.29, 0.717) is 0 Å². The third-order valence-corrected chi connectivity index (χ3v) is 2.59. The van der Waals surface area contributed by atoms with Crippen LogP contribution in [-0.2, 0) is 17.5 Å². The van der Waals surface area contributed by atoms with Crippen LogP contribution in [-0.4, -0.2) is 35.6 Å². The predicted molar refractivity (Wildman–Crippen MR) is 70.0 cm³/mol. The lowest BCUT2D eigenvalue weighted by molar-refractivity contribution is -0.139. The topological polar surface area (TPSA) is 58.9 Å². The molecule has 120 valence electrons. The third-order valence-electron chi connectivity index (χ3n) is 2.59. The molecule has 0 heterocycles. The Hall–Kier alpha value is -1.31. The number of aliphatic hydroxyl groups is 2. The van der Waals surface area contributed by atoms with Crippen LogP contribution < -0.4 is 4.74 Å². The molecule has 1 atom stereocenters. The number of ether oxygens (including phenoxy) is 2. The van der Waals surface area contributed by atoms with Crippen LogP contribution >= 0.6 is 0 Å². The second-order valence-corrected chi connectivity index (χ2v) is 4.83. The largest absolute Gasteiger partial charge is 0.490 e. The van der Waals surface area contributed by atoms with Crippen molar-refractivity contribution >= 4 is 0 Å². The van der Waals surface area contributed by atoms with Crippen LogP contribution in [0.2, 0.25) is 0 Å². The van der Waals surface area contributed by atoms with Crippen molar-refractivity contribution in [3.63, 3.8) is 0 Å². The Morgan fingerprint density at radius 2 is 1.86 bits per heavy atom. The van der Waals surface area contributed by atoms with Gasteiger partial charge in [-0.05, 0) is 31.5 Å². The molecule has 0 radical (unpaired) electrons.